The number of nitro groups is 1. The quantitative estimate of drug-likeness (QED) is 0.229. The number of methoxy groups -OCH3 is 2. The molecular weight excluding hydrogens is 364 g/mol. The number of carbonyl (C=O) groups is 1. The van der Waals surface area contributed by atoms with Gasteiger partial charge in [-0.3, -0.25) is 14.8 Å². The van der Waals surface area contributed by atoms with Crippen LogP contribution in [0.15, 0.2) is 12.1 Å². The number of hydrogen-bond acceptors (Lipinski definition) is 7. The van der Waals surface area contributed by atoms with Crippen molar-refractivity contribution >= 4 is 39.0 Å². The standard InChI is InChI=1S/C13H17ClN2O7S/c1-22-12-10(15-24(20,21)6-4-3-5-14)7-9(13(17)23-2)8-11(12)16(18)19/h7-8,15H,3-6H2,1-2H3. The number of unbranched alkanes of at least 4 members (excludes halogenated alkanes) is 1. The molecule has 0 saturated heterocycles. The molecule has 0 spiro atoms. The summed E-state index contributed by atoms with van der Waals surface area (Å²) in [6.07, 6.45) is 0.821. The number of alkyl halides is 1. The number of anilines is 1. The Morgan fingerprint density at radius 2 is 2.00 bits per heavy atom. The molecule has 1 N–H and O–H groups in total. The molecule has 1 aromatic carbocycles. The molecule has 0 unspecified atom stereocenters. The van der Waals surface area contributed by atoms with Crippen LogP contribution < -0.4 is 9.46 Å². The topological polar surface area (TPSA) is 125 Å². The van der Waals surface area contributed by atoms with Gasteiger partial charge in [0.05, 0.1) is 36.1 Å². The van der Waals surface area contributed by atoms with E-state index >= 15 is 0 Å². The highest BCUT2D eigenvalue weighted by Crippen LogP contribution is 2.37. The number of rotatable bonds is 9. The van der Waals surface area contributed by atoms with Gasteiger partial charge in [-0.05, 0) is 18.9 Å². The molecule has 0 aliphatic carbocycles. The third-order valence-corrected chi connectivity index (χ3v) is 4.58. The zero-order valence-corrected chi connectivity index (χ0v) is 14.6. The van der Waals surface area contributed by atoms with Crippen LogP contribution in [0.3, 0.4) is 0 Å². The second-order valence-electron chi connectivity index (χ2n) is 4.64. The summed E-state index contributed by atoms with van der Waals surface area (Å²) in [5.74, 6) is -1.04. The molecule has 24 heavy (non-hydrogen) atoms. The second-order valence-corrected chi connectivity index (χ2v) is 6.86. The summed E-state index contributed by atoms with van der Waals surface area (Å²) in [6.45, 7) is 0. The van der Waals surface area contributed by atoms with Gasteiger partial charge >= 0.3 is 11.7 Å². The summed E-state index contributed by atoms with van der Waals surface area (Å²) < 4.78 is 35.8. The van der Waals surface area contributed by atoms with E-state index in [-0.39, 0.29) is 22.8 Å². The van der Waals surface area contributed by atoms with E-state index in [9.17, 15) is 23.3 Å². The number of carbonyl (C=O) groups excluding carboxylic acids is 1. The van der Waals surface area contributed by atoms with E-state index in [1.165, 1.54) is 0 Å². The maximum Gasteiger partial charge on any atom is 0.338 e. The zero-order chi connectivity index (χ0) is 18.3. The molecule has 134 valence electrons. The van der Waals surface area contributed by atoms with Crippen molar-refractivity contribution in [3.05, 3.63) is 27.8 Å². The number of benzene rings is 1. The van der Waals surface area contributed by atoms with Gasteiger partial charge < -0.3 is 9.47 Å². The van der Waals surface area contributed by atoms with Gasteiger partial charge in [-0.2, -0.15) is 0 Å². The van der Waals surface area contributed by atoms with E-state index in [1.54, 1.807) is 0 Å². The average molecular weight is 381 g/mol. The summed E-state index contributed by atoms with van der Waals surface area (Å²) in [7, 11) is -1.53. The van der Waals surface area contributed by atoms with Crippen molar-refractivity contribution in [3.8, 4) is 5.75 Å². The lowest BCUT2D eigenvalue weighted by atomic mass is 10.1. The van der Waals surface area contributed by atoms with Crippen molar-refractivity contribution in [2.24, 2.45) is 0 Å². The van der Waals surface area contributed by atoms with E-state index in [4.69, 9.17) is 16.3 Å². The summed E-state index contributed by atoms with van der Waals surface area (Å²) >= 11 is 5.50. The number of esters is 1. The smallest absolute Gasteiger partial charge is 0.338 e. The van der Waals surface area contributed by atoms with Crippen molar-refractivity contribution in [1.29, 1.82) is 0 Å². The average Bonchev–Trinajstić information content (AvgIpc) is 2.52. The van der Waals surface area contributed by atoms with Gasteiger partial charge in [0.1, 0.15) is 0 Å². The lowest BCUT2D eigenvalue weighted by Crippen LogP contribution is -2.18. The van der Waals surface area contributed by atoms with Crippen molar-refractivity contribution in [2.45, 2.75) is 12.8 Å². The number of sulfonamides is 1. The molecular formula is C13H17ClN2O7S. The molecule has 0 amide bonds. The molecule has 0 bridgehead atoms. The van der Waals surface area contributed by atoms with Crippen LogP contribution in [0.5, 0.6) is 5.75 Å². The normalized spacial score (nSPS) is 11.0. The van der Waals surface area contributed by atoms with E-state index in [0.717, 1.165) is 26.4 Å². The van der Waals surface area contributed by atoms with Gasteiger partial charge in [-0.15, -0.1) is 11.6 Å². The number of halogens is 1. The first-order chi connectivity index (χ1) is 11.3. The number of nitro benzene ring substituents is 1. The predicted octanol–water partition coefficient (Wildman–Crippen LogP) is 2.15. The Morgan fingerprint density at radius 3 is 2.50 bits per heavy atom. The highest BCUT2D eigenvalue weighted by molar-refractivity contribution is 7.92. The lowest BCUT2D eigenvalue weighted by Gasteiger charge is -2.13. The molecule has 0 aliphatic rings. The largest absolute Gasteiger partial charge is 0.489 e. The van der Waals surface area contributed by atoms with Crippen LogP contribution in [0.25, 0.3) is 0 Å². The fraction of sp³-hybridized carbons (Fsp3) is 0.462. The maximum atomic E-state index is 12.1. The molecule has 11 heteroatoms. The van der Waals surface area contributed by atoms with E-state index < -0.39 is 26.6 Å². The minimum absolute atomic E-state index is 0.177. The summed E-state index contributed by atoms with van der Waals surface area (Å²) in [5.41, 5.74) is -0.944. The van der Waals surface area contributed by atoms with Gasteiger partial charge in [0.25, 0.3) is 0 Å². The first kappa shape index (κ1) is 20.0. The van der Waals surface area contributed by atoms with Crippen molar-refractivity contribution in [3.63, 3.8) is 0 Å². The Bertz CT molecular complexity index is 721. The summed E-state index contributed by atoms with van der Waals surface area (Å²) in [6, 6.07) is 2.08. The van der Waals surface area contributed by atoms with E-state index in [0.29, 0.717) is 18.7 Å². The Labute approximate surface area is 144 Å². The number of ether oxygens (including phenoxy) is 2. The van der Waals surface area contributed by atoms with Crippen LogP contribution in [-0.2, 0) is 14.8 Å². The number of nitrogens with one attached hydrogen (secondary N) is 1. The van der Waals surface area contributed by atoms with Gasteiger partial charge in [-0.1, -0.05) is 0 Å². The minimum Gasteiger partial charge on any atom is -0.489 e. The highest BCUT2D eigenvalue weighted by atomic mass is 35.5. The van der Waals surface area contributed by atoms with Gasteiger partial charge in [0.15, 0.2) is 0 Å². The lowest BCUT2D eigenvalue weighted by molar-refractivity contribution is -0.385. The first-order valence-electron chi connectivity index (χ1n) is 6.77. The van der Waals surface area contributed by atoms with Crippen LogP contribution >= 0.6 is 11.6 Å². The molecule has 0 atom stereocenters. The molecule has 1 aromatic rings. The summed E-state index contributed by atoms with van der Waals surface area (Å²) in [5, 5.41) is 11.2. The third kappa shape index (κ3) is 5.24. The predicted molar refractivity (Wildman–Crippen MR) is 88.4 cm³/mol. The molecule has 0 fully saturated rings. The van der Waals surface area contributed by atoms with E-state index in [1.807, 2.05) is 0 Å². The number of nitrogens with zero attached hydrogens (tertiary/aromatic N) is 1. The SMILES string of the molecule is COC(=O)c1cc(NS(=O)(=O)CCCCCl)c(OC)c([N+](=O)[O-])c1. The Morgan fingerprint density at radius 1 is 1.33 bits per heavy atom. The molecule has 0 aromatic heterocycles. The molecule has 1 rings (SSSR count). The molecule has 0 heterocycles. The first-order valence-corrected chi connectivity index (χ1v) is 8.95. The monoisotopic (exact) mass is 380 g/mol. The van der Waals surface area contributed by atoms with Gasteiger partial charge in [-0.25, -0.2) is 13.2 Å². The zero-order valence-electron chi connectivity index (χ0n) is 13.1. The highest BCUT2D eigenvalue weighted by Gasteiger charge is 2.25. The Hall–Kier alpha value is -2.07. The van der Waals surface area contributed by atoms with E-state index in [2.05, 4.69) is 9.46 Å². The fourth-order valence-corrected chi connectivity index (χ4v) is 3.24. The van der Waals surface area contributed by atoms with Crippen LogP contribution in [-0.4, -0.2) is 45.2 Å². The van der Waals surface area contributed by atoms with Crippen LogP contribution in [0.2, 0.25) is 0 Å². The maximum absolute atomic E-state index is 12.1. The third-order valence-electron chi connectivity index (χ3n) is 2.95. The Kier molecular flexibility index (Phi) is 7.23. The van der Waals surface area contributed by atoms with Crippen molar-refractivity contribution < 1.29 is 27.6 Å². The van der Waals surface area contributed by atoms with Gasteiger partial charge in [0.2, 0.25) is 15.8 Å². The molecule has 0 aliphatic heterocycles. The fourth-order valence-electron chi connectivity index (χ4n) is 1.88. The number of hydrogen-bond donors (Lipinski definition) is 1. The summed E-state index contributed by atoms with van der Waals surface area (Å²) in [4.78, 5) is 22.0. The van der Waals surface area contributed by atoms with Crippen molar-refractivity contribution in [1.82, 2.24) is 0 Å². The Balaban J connectivity index is 3.31. The second kappa shape index (κ2) is 8.69. The minimum atomic E-state index is -3.79. The van der Waals surface area contributed by atoms with Crippen LogP contribution in [0.4, 0.5) is 11.4 Å². The van der Waals surface area contributed by atoms with Crippen LogP contribution in [0.1, 0.15) is 23.2 Å². The molecule has 0 radical (unpaired) electrons. The van der Waals surface area contributed by atoms with Crippen LogP contribution in [0, 0.1) is 10.1 Å². The van der Waals surface area contributed by atoms with Crippen molar-refractivity contribution in [2.75, 3.05) is 30.6 Å². The van der Waals surface area contributed by atoms with Gasteiger partial charge in [0, 0.05) is 11.9 Å². The molecule has 9 nitrogen and oxygen atoms in total. The molecule has 0 saturated carbocycles.